The Morgan fingerprint density at radius 3 is 2.24 bits per heavy atom. The summed E-state index contributed by atoms with van der Waals surface area (Å²) in [5.41, 5.74) is 0. The predicted octanol–water partition coefficient (Wildman–Crippen LogP) is 2.47. The topological polar surface area (TPSA) is 49.4 Å². The monoisotopic (exact) mass is 292 g/mol. The number of hydrogen-bond acceptors (Lipinski definition) is 2. The van der Waals surface area contributed by atoms with E-state index >= 15 is 0 Å². The maximum absolute atomic E-state index is 12.7. The zero-order valence-corrected chi connectivity index (χ0v) is 13.0. The van der Waals surface area contributed by atoms with E-state index in [0.29, 0.717) is 5.91 Å². The van der Waals surface area contributed by atoms with Crippen LogP contribution in [0, 0.1) is 11.8 Å². The highest BCUT2D eigenvalue weighted by molar-refractivity contribution is 5.81. The van der Waals surface area contributed by atoms with Gasteiger partial charge in [-0.05, 0) is 44.9 Å². The van der Waals surface area contributed by atoms with Gasteiger partial charge >= 0.3 is 0 Å². The Balaban J connectivity index is 1.55. The third-order valence-corrected chi connectivity index (χ3v) is 5.23. The molecule has 3 fully saturated rings. The molecule has 118 valence electrons. The molecule has 2 amide bonds. The smallest absolute Gasteiger partial charge is 0.225 e. The van der Waals surface area contributed by atoms with Crippen LogP contribution in [0.15, 0.2) is 0 Å². The van der Waals surface area contributed by atoms with Gasteiger partial charge in [-0.3, -0.25) is 9.59 Å². The third-order valence-electron chi connectivity index (χ3n) is 5.23. The van der Waals surface area contributed by atoms with Crippen molar-refractivity contribution in [3.8, 4) is 0 Å². The highest BCUT2D eigenvalue weighted by Gasteiger charge is 2.33. The third kappa shape index (κ3) is 3.98. The van der Waals surface area contributed by atoms with E-state index in [4.69, 9.17) is 0 Å². The molecule has 0 radical (unpaired) electrons. The van der Waals surface area contributed by atoms with Gasteiger partial charge in [0.25, 0.3) is 0 Å². The Kier molecular flexibility index (Phi) is 4.81. The number of rotatable bonds is 3. The second-order valence-electron chi connectivity index (χ2n) is 7.09. The van der Waals surface area contributed by atoms with E-state index in [2.05, 4.69) is 5.32 Å². The lowest BCUT2D eigenvalue weighted by Gasteiger charge is -2.30. The van der Waals surface area contributed by atoms with Crippen molar-refractivity contribution in [2.24, 2.45) is 11.8 Å². The predicted molar refractivity (Wildman–Crippen MR) is 81.7 cm³/mol. The average molecular weight is 292 g/mol. The summed E-state index contributed by atoms with van der Waals surface area (Å²) in [5, 5.41) is 3.18. The van der Waals surface area contributed by atoms with Crippen LogP contribution in [-0.4, -0.2) is 35.8 Å². The number of carbonyl (C=O) groups excluding carboxylic acids is 2. The van der Waals surface area contributed by atoms with Gasteiger partial charge in [0.05, 0.1) is 0 Å². The zero-order chi connectivity index (χ0) is 14.7. The number of nitrogens with one attached hydrogen (secondary N) is 1. The molecule has 3 aliphatic rings. The van der Waals surface area contributed by atoms with Crippen LogP contribution in [0.3, 0.4) is 0 Å². The molecule has 21 heavy (non-hydrogen) atoms. The summed E-state index contributed by atoms with van der Waals surface area (Å²) < 4.78 is 0. The van der Waals surface area contributed by atoms with Crippen LogP contribution in [0.25, 0.3) is 0 Å². The Hall–Kier alpha value is -1.06. The van der Waals surface area contributed by atoms with Crippen molar-refractivity contribution < 1.29 is 9.59 Å². The zero-order valence-electron chi connectivity index (χ0n) is 13.0. The van der Waals surface area contributed by atoms with Crippen molar-refractivity contribution in [3.63, 3.8) is 0 Å². The fourth-order valence-corrected chi connectivity index (χ4v) is 3.73. The molecule has 0 spiro atoms. The molecule has 1 heterocycles. The molecule has 1 saturated heterocycles. The molecule has 0 aromatic heterocycles. The molecule has 3 rings (SSSR count). The van der Waals surface area contributed by atoms with Gasteiger partial charge in [-0.25, -0.2) is 0 Å². The van der Waals surface area contributed by atoms with E-state index in [0.717, 1.165) is 58.0 Å². The van der Waals surface area contributed by atoms with Crippen molar-refractivity contribution in [2.75, 3.05) is 13.1 Å². The minimum atomic E-state index is 0.174. The second kappa shape index (κ2) is 6.80. The summed E-state index contributed by atoms with van der Waals surface area (Å²) in [4.78, 5) is 26.7. The van der Waals surface area contributed by atoms with Crippen molar-refractivity contribution in [3.05, 3.63) is 0 Å². The molecule has 1 aliphatic heterocycles. The van der Waals surface area contributed by atoms with Crippen LogP contribution in [-0.2, 0) is 9.59 Å². The summed E-state index contributed by atoms with van der Waals surface area (Å²) in [7, 11) is 0. The van der Waals surface area contributed by atoms with Gasteiger partial charge in [0, 0.05) is 31.0 Å². The van der Waals surface area contributed by atoms with E-state index < -0.39 is 0 Å². The number of amides is 2. The van der Waals surface area contributed by atoms with E-state index in [-0.39, 0.29) is 23.8 Å². The lowest BCUT2D eigenvalue weighted by molar-refractivity contribution is -0.137. The minimum absolute atomic E-state index is 0.174. The Labute approximate surface area is 127 Å². The van der Waals surface area contributed by atoms with Crippen molar-refractivity contribution in [2.45, 2.75) is 70.3 Å². The van der Waals surface area contributed by atoms with Gasteiger partial charge in [0.2, 0.25) is 11.8 Å². The van der Waals surface area contributed by atoms with E-state index in [9.17, 15) is 9.59 Å². The van der Waals surface area contributed by atoms with Crippen LogP contribution in [0.5, 0.6) is 0 Å². The Morgan fingerprint density at radius 1 is 0.810 bits per heavy atom. The molecule has 2 aliphatic carbocycles. The number of carbonyl (C=O) groups is 2. The molecular formula is C17H28N2O2. The van der Waals surface area contributed by atoms with Crippen molar-refractivity contribution in [1.29, 1.82) is 0 Å². The molecule has 4 nitrogen and oxygen atoms in total. The van der Waals surface area contributed by atoms with Gasteiger partial charge < -0.3 is 10.2 Å². The molecule has 0 aromatic carbocycles. The largest absolute Gasteiger partial charge is 0.351 e. The first-order chi connectivity index (χ1) is 10.2. The van der Waals surface area contributed by atoms with Crippen LogP contribution >= 0.6 is 0 Å². The first kappa shape index (κ1) is 14.9. The maximum atomic E-state index is 12.7. The molecule has 2 saturated carbocycles. The molecule has 0 bridgehead atoms. The fraction of sp³-hybridized carbons (Fsp3) is 0.882. The molecule has 1 unspecified atom stereocenters. The van der Waals surface area contributed by atoms with E-state index in [1.54, 1.807) is 0 Å². The lowest BCUT2D eigenvalue weighted by atomic mass is 9.88. The molecular weight excluding hydrogens is 264 g/mol. The van der Waals surface area contributed by atoms with Crippen LogP contribution < -0.4 is 5.32 Å². The first-order valence-electron chi connectivity index (χ1n) is 8.83. The van der Waals surface area contributed by atoms with E-state index in [1.165, 1.54) is 19.3 Å². The number of likely N-dealkylation sites (tertiary alicyclic amines) is 1. The summed E-state index contributed by atoms with van der Waals surface area (Å²) in [6.45, 7) is 1.61. The van der Waals surface area contributed by atoms with Gasteiger partial charge in [-0.15, -0.1) is 0 Å². The van der Waals surface area contributed by atoms with E-state index in [1.807, 2.05) is 4.90 Å². The van der Waals surface area contributed by atoms with Crippen LogP contribution in [0.1, 0.15) is 64.2 Å². The first-order valence-corrected chi connectivity index (χ1v) is 8.83. The SMILES string of the molecule is O=C(NC1CCCCN(C(=O)C2CCCCC2)C1)C1CC1. The normalized spacial score (nSPS) is 28.0. The highest BCUT2D eigenvalue weighted by atomic mass is 16.2. The van der Waals surface area contributed by atoms with Crippen molar-refractivity contribution in [1.82, 2.24) is 10.2 Å². The van der Waals surface area contributed by atoms with Crippen molar-refractivity contribution >= 4 is 11.8 Å². The van der Waals surface area contributed by atoms with Crippen LogP contribution in [0.2, 0.25) is 0 Å². The standard InChI is InChI=1S/C17H28N2O2/c20-16(13-9-10-13)18-15-8-4-5-11-19(12-15)17(21)14-6-2-1-3-7-14/h13-15H,1-12H2,(H,18,20). The second-order valence-corrected chi connectivity index (χ2v) is 7.09. The summed E-state index contributed by atoms with van der Waals surface area (Å²) in [6, 6.07) is 0.174. The summed E-state index contributed by atoms with van der Waals surface area (Å²) in [6.07, 6.45) is 11.1. The van der Waals surface area contributed by atoms with Gasteiger partial charge in [0.1, 0.15) is 0 Å². The maximum Gasteiger partial charge on any atom is 0.225 e. The minimum Gasteiger partial charge on any atom is -0.351 e. The fourth-order valence-electron chi connectivity index (χ4n) is 3.73. The summed E-state index contributed by atoms with van der Waals surface area (Å²) in [5.74, 6) is 1.07. The van der Waals surface area contributed by atoms with Gasteiger partial charge in [0.15, 0.2) is 0 Å². The Bertz CT molecular complexity index is 386. The molecule has 1 N–H and O–H groups in total. The Morgan fingerprint density at radius 2 is 1.52 bits per heavy atom. The quantitative estimate of drug-likeness (QED) is 0.868. The average Bonchev–Trinajstić information content (AvgIpc) is 3.34. The molecule has 4 heteroatoms. The molecule has 0 aromatic rings. The lowest BCUT2D eigenvalue weighted by Crippen LogP contribution is -2.46. The van der Waals surface area contributed by atoms with Gasteiger partial charge in [-0.1, -0.05) is 19.3 Å². The summed E-state index contributed by atoms with van der Waals surface area (Å²) >= 11 is 0. The number of hydrogen-bond donors (Lipinski definition) is 1. The molecule has 1 atom stereocenters. The van der Waals surface area contributed by atoms with Gasteiger partial charge in [-0.2, -0.15) is 0 Å². The number of nitrogens with zero attached hydrogens (tertiary/aromatic N) is 1. The highest BCUT2D eigenvalue weighted by Crippen LogP contribution is 2.30. The van der Waals surface area contributed by atoms with Crippen LogP contribution in [0.4, 0.5) is 0 Å².